The fourth-order valence-corrected chi connectivity index (χ4v) is 1.19. The third-order valence-electron chi connectivity index (χ3n) is 1.58. The number of hydrogen-bond donors (Lipinski definition) is 1. The van der Waals surface area contributed by atoms with Gasteiger partial charge in [-0.25, -0.2) is 0 Å². The van der Waals surface area contributed by atoms with E-state index < -0.39 is 0 Å². The molecule has 0 N–H and O–H groups in total. The minimum absolute atomic E-state index is 0. The molecule has 0 aliphatic heterocycles. The van der Waals surface area contributed by atoms with E-state index in [9.17, 15) is 14.4 Å². The quantitative estimate of drug-likeness (QED) is 0.383. The Morgan fingerprint density at radius 1 is 1.00 bits per heavy atom. The summed E-state index contributed by atoms with van der Waals surface area (Å²) in [6.45, 7) is 0. The number of thiol groups is 1. The van der Waals surface area contributed by atoms with E-state index in [0.29, 0.717) is 29.3 Å². The largest absolute Gasteiger partial charge is 1.00 e. The van der Waals surface area contributed by atoms with Crippen molar-refractivity contribution in [1.82, 2.24) is 0 Å². The maximum absolute atomic E-state index is 10.5. The Morgan fingerprint density at radius 3 is 1.71 bits per heavy atom. The van der Waals surface area contributed by atoms with E-state index in [4.69, 9.17) is 0 Å². The van der Waals surface area contributed by atoms with Crippen LogP contribution in [0.3, 0.4) is 0 Å². The van der Waals surface area contributed by atoms with E-state index in [1.54, 1.807) is 0 Å². The molecule has 0 saturated carbocycles. The average molecular weight is 218 g/mol. The van der Waals surface area contributed by atoms with Crippen molar-refractivity contribution < 1.29 is 45.4 Å². The third-order valence-corrected chi connectivity index (χ3v) is 2.10. The van der Waals surface area contributed by atoms with Crippen molar-refractivity contribution in [1.29, 1.82) is 0 Å². The number of hydrogen-bond acceptors (Lipinski definition) is 4. The van der Waals surface area contributed by atoms with Gasteiger partial charge in [-0.05, 0) is 12.1 Å². The molecular weight excluding hydrogens is 211 g/mol. The van der Waals surface area contributed by atoms with Gasteiger partial charge in [-0.3, -0.25) is 14.4 Å². The minimum Gasteiger partial charge on any atom is -1.00 e. The van der Waals surface area contributed by atoms with Gasteiger partial charge in [0, 0.05) is 21.6 Å². The normalized spacial score (nSPS) is 8.64. The van der Waals surface area contributed by atoms with Crippen molar-refractivity contribution in [3.8, 4) is 0 Å². The molecule has 0 bridgehead atoms. The third kappa shape index (κ3) is 2.78. The zero-order valence-corrected chi connectivity index (χ0v) is 10.5. The number of carbonyl (C=O) groups is 3. The van der Waals surface area contributed by atoms with Crippen LogP contribution in [0.25, 0.3) is 0 Å². The first kappa shape index (κ1) is 13.6. The topological polar surface area (TPSA) is 51.2 Å². The van der Waals surface area contributed by atoms with Crippen LogP contribution in [-0.4, -0.2) is 18.9 Å². The van der Waals surface area contributed by atoms with E-state index in [-0.39, 0.29) is 42.1 Å². The van der Waals surface area contributed by atoms with Crippen molar-refractivity contribution >= 4 is 31.5 Å². The number of benzene rings is 1. The molecule has 0 unspecified atom stereocenters. The summed E-state index contributed by atoms with van der Waals surface area (Å²) in [6, 6.07) is 2.77. The Labute approximate surface area is 110 Å². The molecule has 0 saturated heterocycles. The van der Waals surface area contributed by atoms with Crippen LogP contribution in [0, 0.1) is 0 Å². The SMILES string of the molecule is O=Cc1cc(C=O)c(S)c(C=O)c1.[H-].[Na+]. The number of carbonyl (C=O) groups excluding carboxylic acids is 3. The van der Waals surface area contributed by atoms with E-state index in [1.165, 1.54) is 12.1 Å². The molecule has 0 fully saturated rings. The summed E-state index contributed by atoms with van der Waals surface area (Å²) in [5.41, 5.74) is 0.784. The summed E-state index contributed by atoms with van der Waals surface area (Å²) in [5, 5.41) is 0. The summed E-state index contributed by atoms with van der Waals surface area (Å²) >= 11 is 3.98. The van der Waals surface area contributed by atoms with Gasteiger partial charge in [-0.1, -0.05) is 0 Å². The van der Waals surface area contributed by atoms with Gasteiger partial charge in [-0.15, -0.1) is 12.6 Å². The summed E-state index contributed by atoms with van der Waals surface area (Å²) in [6.07, 6.45) is 1.69. The Balaban J connectivity index is 0. The summed E-state index contributed by atoms with van der Waals surface area (Å²) < 4.78 is 0. The van der Waals surface area contributed by atoms with Crippen LogP contribution in [0.1, 0.15) is 32.5 Å². The van der Waals surface area contributed by atoms with Gasteiger partial charge < -0.3 is 1.43 Å². The molecular formula is C9H7NaO3S. The summed E-state index contributed by atoms with van der Waals surface area (Å²) in [5.74, 6) is 0. The van der Waals surface area contributed by atoms with Gasteiger partial charge in [0.1, 0.15) is 6.29 Å². The monoisotopic (exact) mass is 218 g/mol. The van der Waals surface area contributed by atoms with Crippen LogP contribution in [-0.2, 0) is 0 Å². The molecule has 3 nitrogen and oxygen atoms in total. The van der Waals surface area contributed by atoms with E-state index in [2.05, 4.69) is 12.6 Å². The van der Waals surface area contributed by atoms with E-state index in [0.717, 1.165) is 0 Å². The zero-order chi connectivity index (χ0) is 9.84. The number of aldehydes is 3. The van der Waals surface area contributed by atoms with Gasteiger partial charge >= 0.3 is 29.6 Å². The summed E-state index contributed by atoms with van der Waals surface area (Å²) in [7, 11) is 0. The van der Waals surface area contributed by atoms with Gasteiger partial charge in [0.15, 0.2) is 12.6 Å². The van der Waals surface area contributed by atoms with Crippen molar-refractivity contribution in [2.45, 2.75) is 4.90 Å². The first-order valence-corrected chi connectivity index (χ1v) is 3.90. The molecule has 68 valence electrons. The average Bonchev–Trinajstić information content (AvgIpc) is 2.18. The summed E-state index contributed by atoms with van der Waals surface area (Å²) in [4.78, 5) is 31.7. The molecule has 1 aromatic carbocycles. The predicted octanol–water partition coefficient (Wildman–Crippen LogP) is -1.47. The maximum Gasteiger partial charge on any atom is 1.00 e. The molecule has 0 heterocycles. The molecule has 0 radical (unpaired) electrons. The van der Waals surface area contributed by atoms with Gasteiger partial charge in [-0.2, -0.15) is 0 Å². The molecule has 5 heteroatoms. The second-order valence-electron chi connectivity index (χ2n) is 2.40. The molecule has 0 atom stereocenters. The second-order valence-corrected chi connectivity index (χ2v) is 2.85. The molecule has 14 heavy (non-hydrogen) atoms. The molecule has 1 aromatic rings. The van der Waals surface area contributed by atoms with Gasteiger partial charge in [0.25, 0.3) is 0 Å². The van der Waals surface area contributed by atoms with Crippen LogP contribution < -0.4 is 29.6 Å². The Morgan fingerprint density at radius 2 is 1.43 bits per heavy atom. The maximum atomic E-state index is 10.5. The van der Waals surface area contributed by atoms with Gasteiger partial charge in [0.2, 0.25) is 0 Å². The zero-order valence-electron chi connectivity index (χ0n) is 8.56. The Bertz CT molecular complexity index is 353. The molecule has 0 aliphatic carbocycles. The number of rotatable bonds is 3. The molecule has 1 rings (SSSR count). The van der Waals surface area contributed by atoms with Crippen LogP contribution >= 0.6 is 12.6 Å². The van der Waals surface area contributed by atoms with Crippen LogP contribution in [0.5, 0.6) is 0 Å². The van der Waals surface area contributed by atoms with Gasteiger partial charge in [0.05, 0.1) is 0 Å². The van der Waals surface area contributed by atoms with E-state index >= 15 is 0 Å². The van der Waals surface area contributed by atoms with E-state index in [1.807, 2.05) is 0 Å². The van der Waals surface area contributed by atoms with Crippen molar-refractivity contribution in [3.63, 3.8) is 0 Å². The smallest absolute Gasteiger partial charge is 1.00 e. The second kappa shape index (κ2) is 6.14. The fraction of sp³-hybridized carbons (Fsp3) is 0. The standard InChI is InChI=1S/C9H6O3S.Na.H/c10-3-6-1-7(4-11)9(13)8(2-6)5-12;;/h1-5,13H;;/q;+1;-1. The fourth-order valence-electron chi connectivity index (χ4n) is 0.952. The Hall–Kier alpha value is -0.420. The molecule has 0 spiro atoms. The minimum atomic E-state index is 0. The first-order valence-electron chi connectivity index (χ1n) is 3.45. The van der Waals surface area contributed by atoms with Crippen molar-refractivity contribution in [3.05, 3.63) is 28.8 Å². The molecule has 0 aliphatic rings. The first-order chi connectivity index (χ1) is 6.22. The van der Waals surface area contributed by atoms with Crippen molar-refractivity contribution in [2.24, 2.45) is 0 Å². The predicted molar refractivity (Wildman–Crippen MR) is 51.0 cm³/mol. The Kier molecular flexibility index (Phi) is 5.95. The molecule has 0 amide bonds. The molecule has 0 aromatic heterocycles. The van der Waals surface area contributed by atoms with Crippen LogP contribution in [0.2, 0.25) is 0 Å². The van der Waals surface area contributed by atoms with Crippen LogP contribution in [0.15, 0.2) is 17.0 Å². The van der Waals surface area contributed by atoms with Crippen molar-refractivity contribution in [2.75, 3.05) is 0 Å². The van der Waals surface area contributed by atoms with Crippen LogP contribution in [0.4, 0.5) is 0 Å².